The lowest BCUT2D eigenvalue weighted by Gasteiger charge is -2.06. The van der Waals surface area contributed by atoms with Gasteiger partial charge in [-0.2, -0.15) is 0 Å². The van der Waals surface area contributed by atoms with Crippen LogP contribution in [0.4, 0.5) is 5.82 Å². The highest BCUT2D eigenvalue weighted by atomic mass is 79.9. The molecule has 90 valence electrons. The fourth-order valence-corrected chi connectivity index (χ4v) is 2.83. The second kappa shape index (κ2) is 6.00. The molecule has 3 nitrogen and oxygen atoms in total. The summed E-state index contributed by atoms with van der Waals surface area (Å²) in [5.74, 6) is 0.702. The summed E-state index contributed by atoms with van der Waals surface area (Å²) in [7, 11) is 0. The molecule has 7 heteroatoms. The van der Waals surface area contributed by atoms with Gasteiger partial charge in [-0.05, 0) is 34.5 Å². The molecule has 0 spiro atoms. The highest BCUT2D eigenvalue weighted by Crippen LogP contribution is 2.26. The zero-order valence-corrected chi connectivity index (χ0v) is 12.5. The molecule has 17 heavy (non-hydrogen) atoms. The van der Waals surface area contributed by atoms with Crippen molar-refractivity contribution in [2.24, 2.45) is 0 Å². The first-order chi connectivity index (χ1) is 8.16. The third-order valence-corrected chi connectivity index (χ3v) is 4.60. The van der Waals surface area contributed by atoms with Crippen LogP contribution in [-0.2, 0) is 6.42 Å². The normalized spacial score (nSPS) is 10.5. The zero-order valence-electron chi connectivity index (χ0n) is 8.58. The van der Waals surface area contributed by atoms with Gasteiger partial charge in [0, 0.05) is 11.4 Å². The predicted octanol–water partition coefficient (Wildman–Crippen LogP) is 4.26. The van der Waals surface area contributed by atoms with E-state index in [0.717, 1.165) is 17.3 Å². The monoisotopic (exact) mass is 351 g/mol. The number of hydrogen-bond acceptors (Lipinski definition) is 4. The molecule has 0 saturated carbocycles. The van der Waals surface area contributed by atoms with Crippen molar-refractivity contribution in [1.82, 2.24) is 9.97 Å². The molecule has 0 fully saturated rings. The van der Waals surface area contributed by atoms with Gasteiger partial charge < -0.3 is 5.32 Å². The fraction of sp³-hybridized carbons (Fsp3) is 0.200. The van der Waals surface area contributed by atoms with Gasteiger partial charge in [0.25, 0.3) is 0 Å². The Morgan fingerprint density at radius 3 is 2.82 bits per heavy atom. The average Bonchev–Trinajstić information content (AvgIpc) is 2.70. The Morgan fingerprint density at radius 2 is 2.12 bits per heavy atom. The molecule has 1 N–H and O–H groups in total. The van der Waals surface area contributed by atoms with E-state index in [4.69, 9.17) is 23.2 Å². The molecule has 0 aliphatic carbocycles. The van der Waals surface area contributed by atoms with Crippen molar-refractivity contribution in [3.63, 3.8) is 0 Å². The molecule has 2 heterocycles. The van der Waals surface area contributed by atoms with Crippen molar-refractivity contribution >= 4 is 56.3 Å². The van der Waals surface area contributed by atoms with Gasteiger partial charge in [-0.3, -0.25) is 0 Å². The van der Waals surface area contributed by atoms with E-state index in [1.54, 1.807) is 11.3 Å². The summed E-state index contributed by atoms with van der Waals surface area (Å²) >= 11 is 16.6. The maximum Gasteiger partial charge on any atom is 0.148 e. The summed E-state index contributed by atoms with van der Waals surface area (Å²) in [5, 5.41) is 3.60. The topological polar surface area (TPSA) is 37.8 Å². The number of anilines is 1. The number of nitrogens with zero attached hydrogens (tertiary/aromatic N) is 2. The molecule has 0 radical (unpaired) electrons. The quantitative estimate of drug-likeness (QED) is 0.835. The van der Waals surface area contributed by atoms with Gasteiger partial charge in [0.1, 0.15) is 17.3 Å². The van der Waals surface area contributed by atoms with Gasteiger partial charge in [-0.1, -0.05) is 23.2 Å². The van der Waals surface area contributed by atoms with E-state index in [1.807, 2.05) is 12.1 Å². The third kappa shape index (κ3) is 3.55. The molecule has 0 atom stereocenters. The van der Waals surface area contributed by atoms with Gasteiger partial charge >= 0.3 is 0 Å². The van der Waals surface area contributed by atoms with Crippen LogP contribution in [0, 0.1) is 0 Å². The molecule has 0 unspecified atom stereocenters. The van der Waals surface area contributed by atoms with Crippen LogP contribution in [0.1, 0.15) is 4.88 Å². The highest BCUT2D eigenvalue weighted by molar-refractivity contribution is 9.10. The smallest absolute Gasteiger partial charge is 0.148 e. The SMILES string of the molecule is Clc1ccc(CCNc2ncnc(Cl)c2Br)s1. The summed E-state index contributed by atoms with van der Waals surface area (Å²) in [6.45, 7) is 0.767. The number of nitrogens with one attached hydrogen (secondary N) is 1. The first-order valence-electron chi connectivity index (χ1n) is 4.81. The maximum absolute atomic E-state index is 5.86. The van der Waals surface area contributed by atoms with Crippen molar-refractivity contribution in [3.05, 3.63) is 37.3 Å². The van der Waals surface area contributed by atoms with E-state index >= 15 is 0 Å². The summed E-state index contributed by atoms with van der Waals surface area (Å²) in [6.07, 6.45) is 2.32. The Bertz CT molecular complexity index is 518. The Morgan fingerprint density at radius 1 is 1.29 bits per heavy atom. The Hall–Kier alpha value is -0.360. The number of hydrogen-bond donors (Lipinski definition) is 1. The molecule has 2 aromatic rings. The van der Waals surface area contributed by atoms with Crippen LogP contribution < -0.4 is 5.32 Å². The number of thiophene rings is 1. The number of halogens is 3. The van der Waals surface area contributed by atoms with Gasteiger partial charge in [-0.15, -0.1) is 11.3 Å². The number of rotatable bonds is 4. The second-order valence-corrected chi connectivity index (χ2v) is 6.16. The van der Waals surface area contributed by atoms with Crippen LogP contribution in [0.25, 0.3) is 0 Å². The van der Waals surface area contributed by atoms with Crippen molar-refractivity contribution in [2.45, 2.75) is 6.42 Å². The van der Waals surface area contributed by atoms with E-state index in [1.165, 1.54) is 11.2 Å². The molecule has 0 aromatic carbocycles. The molecular formula is C10H8BrCl2N3S. The minimum absolute atomic E-state index is 0.404. The van der Waals surface area contributed by atoms with Crippen LogP contribution in [0.15, 0.2) is 22.9 Å². The molecule has 2 rings (SSSR count). The van der Waals surface area contributed by atoms with Crippen LogP contribution in [-0.4, -0.2) is 16.5 Å². The van der Waals surface area contributed by atoms with Crippen molar-refractivity contribution < 1.29 is 0 Å². The summed E-state index contributed by atoms with van der Waals surface area (Å²) in [6, 6.07) is 3.93. The fourth-order valence-electron chi connectivity index (χ4n) is 1.26. The Kier molecular flexibility index (Phi) is 4.62. The van der Waals surface area contributed by atoms with Crippen LogP contribution in [0.5, 0.6) is 0 Å². The van der Waals surface area contributed by atoms with E-state index < -0.39 is 0 Å². The molecule has 2 aromatic heterocycles. The maximum atomic E-state index is 5.86. The molecule has 0 bridgehead atoms. The van der Waals surface area contributed by atoms with E-state index in [9.17, 15) is 0 Å². The van der Waals surface area contributed by atoms with Gasteiger partial charge in [0.15, 0.2) is 0 Å². The van der Waals surface area contributed by atoms with Gasteiger partial charge in [0.2, 0.25) is 0 Å². The molecule has 0 aliphatic heterocycles. The molecule has 0 amide bonds. The van der Waals surface area contributed by atoms with E-state index in [2.05, 4.69) is 31.2 Å². The van der Waals surface area contributed by atoms with Crippen molar-refractivity contribution in [1.29, 1.82) is 0 Å². The number of aromatic nitrogens is 2. The minimum Gasteiger partial charge on any atom is -0.369 e. The summed E-state index contributed by atoms with van der Waals surface area (Å²) in [4.78, 5) is 9.20. The zero-order chi connectivity index (χ0) is 12.3. The predicted molar refractivity (Wildman–Crippen MR) is 76.3 cm³/mol. The Balaban J connectivity index is 1.92. The lowest BCUT2D eigenvalue weighted by molar-refractivity contribution is 1.01. The molecule has 0 saturated heterocycles. The lowest BCUT2D eigenvalue weighted by Crippen LogP contribution is -2.06. The average molecular weight is 353 g/mol. The largest absolute Gasteiger partial charge is 0.369 e. The Labute approximate surface area is 121 Å². The van der Waals surface area contributed by atoms with E-state index in [0.29, 0.717) is 15.4 Å². The van der Waals surface area contributed by atoms with E-state index in [-0.39, 0.29) is 0 Å². The summed E-state index contributed by atoms with van der Waals surface area (Å²) < 4.78 is 1.50. The third-order valence-electron chi connectivity index (χ3n) is 2.04. The first-order valence-corrected chi connectivity index (χ1v) is 7.17. The first kappa shape index (κ1) is 13.1. The second-order valence-electron chi connectivity index (χ2n) is 3.21. The standard InChI is InChI=1S/C10H8BrCl2N3S/c11-8-9(13)15-5-16-10(8)14-4-3-6-1-2-7(12)17-6/h1-2,5H,3-4H2,(H,14,15,16). The van der Waals surface area contributed by atoms with Crippen molar-refractivity contribution in [2.75, 3.05) is 11.9 Å². The summed E-state index contributed by atoms with van der Waals surface area (Å²) in [5.41, 5.74) is 0. The van der Waals surface area contributed by atoms with Crippen LogP contribution in [0.2, 0.25) is 9.49 Å². The van der Waals surface area contributed by atoms with Crippen molar-refractivity contribution in [3.8, 4) is 0 Å². The van der Waals surface area contributed by atoms with Gasteiger partial charge in [0.05, 0.1) is 8.81 Å². The minimum atomic E-state index is 0.404. The molecular weight excluding hydrogens is 345 g/mol. The van der Waals surface area contributed by atoms with Crippen LogP contribution >= 0.6 is 50.5 Å². The van der Waals surface area contributed by atoms with Gasteiger partial charge in [-0.25, -0.2) is 9.97 Å². The highest BCUT2D eigenvalue weighted by Gasteiger charge is 2.06. The van der Waals surface area contributed by atoms with Crippen LogP contribution in [0.3, 0.4) is 0 Å². The lowest BCUT2D eigenvalue weighted by atomic mass is 10.3. The molecule has 0 aliphatic rings.